The van der Waals surface area contributed by atoms with E-state index in [1.54, 1.807) is 11.8 Å². The van der Waals surface area contributed by atoms with Gasteiger partial charge in [0.25, 0.3) is 0 Å². The summed E-state index contributed by atoms with van der Waals surface area (Å²) in [5.74, 6) is 0.746. The molecule has 2 aromatic rings. The number of rotatable bonds is 4. The standard InChI is InChI=1S/C17H17NS/c1-13-8-9-17(10-14(13)2)19-12-16(11-18)15-6-4-3-5-7-15/h3-10,16H,12H2,1-2H3. The number of benzene rings is 2. The Morgan fingerprint density at radius 1 is 1.05 bits per heavy atom. The van der Waals surface area contributed by atoms with Crippen molar-refractivity contribution < 1.29 is 0 Å². The van der Waals surface area contributed by atoms with Crippen molar-refractivity contribution in [2.24, 2.45) is 0 Å². The topological polar surface area (TPSA) is 23.8 Å². The van der Waals surface area contributed by atoms with E-state index < -0.39 is 0 Å². The van der Waals surface area contributed by atoms with Crippen LogP contribution in [0.15, 0.2) is 53.4 Å². The lowest BCUT2D eigenvalue weighted by atomic mass is 10.0. The fraction of sp³-hybridized carbons (Fsp3) is 0.235. The molecule has 0 saturated carbocycles. The van der Waals surface area contributed by atoms with Gasteiger partial charge in [-0.15, -0.1) is 11.8 Å². The molecule has 0 amide bonds. The Morgan fingerprint density at radius 3 is 2.42 bits per heavy atom. The first-order chi connectivity index (χ1) is 9.20. The summed E-state index contributed by atoms with van der Waals surface area (Å²) in [6.07, 6.45) is 0. The zero-order valence-corrected chi connectivity index (χ0v) is 12.1. The van der Waals surface area contributed by atoms with Gasteiger partial charge in [-0.05, 0) is 42.7 Å². The van der Waals surface area contributed by atoms with E-state index in [1.165, 1.54) is 16.0 Å². The van der Waals surface area contributed by atoms with Crippen molar-refractivity contribution in [2.45, 2.75) is 24.7 Å². The molecule has 19 heavy (non-hydrogen) atoms. The van der Waals surface area contributed by atoms with Crippen molar-refractivity contribution in [2.75, 3.05) is 5.75 Å². The summed E-state index contributed by atoms with van der Waals surface area (Å²) in [6.45, 7) is 4.24. The molecule has 2 aromatic carbocycles. The fourth-order valence-electron chi connectivity index (χ4n) is 1.88. The predicted octanol–water partition coefficient (Wildman–Crippen LogP) is 4.70. The van der Waals surface area contributed by atoms with Crippen molar-refractivity contribution in [3.05, 3.63) is 65.2 Å². The number of nitrogens with zero attached hydrogens (tertiary/aromatic N) is 1. The van der Waals surface area contributed by atoms with Crippen molar-refractivity contribution in [3.8, 4) is 6.07 Å². The summed E-state index contributed by atoms with van der Waals surface area (Å²) >= 11 is 1.75. The molecular weight excluding hydrogens is 250 g/mol. The molecule has 1 unspecified atom stereocenters. The molecule has 0 aliphatic rings. The molecule has 0 aliphatic heterocycles. The average molecular weight is 267 g/mol. The number of hydrogen-bond acceptors (Lipinski definition) is 2. The minimum absolute atomic E-state index is 0.0483. The Morgan fingerprint density at radius 2 is 1.79 bits per heavy atom. The van der Waals surface area contributed by atoms with Crippen molar-refractivity contribution in [3.63, 3.8) is 0 Å². The molecule has 2 rings (SSSR count). The third-order valence-electron chi connectivity index (χ3n) is 3.25. The van der Waals surface area contributed by atoms with Crippen LogP contribution in [-0.4, -0.2) is 5.75 Å². The van der Waals surface area contributed by atoms with Gasteiger partial charge in [-0.3, -0.25) is 0 Å². The highest BCUT2D eigenvalue weighted by Crippen LogP contribution is 2.27. The van der Waals surface area contributed by atoms with Crippen LogP contribution in [0.4, 0.5) is 0 Å². The minimum Gasteiger partial charge on any atom is -0.198 e. The molecule has 0 heterocycles. The lowest BCUT2D eigenvalue weighted by molar-refractivity contribution is 0.996. The van der Waals surface area contributed by atoms with Crippen LogP contribution in [0.5, 0.6) is 0 Å². The summed E-state index contributed by atoms with van der Waals surface area (Å²) in [5.41, 5.74) is 3.71. The number of thioether (sulfide) groups is 1. The van der Waals surface area contributed by atoms with Crippen molar-refractivity contribution in [1.82, 2.24) is 0 Å². The first-order valence-electron chi connectivity index (χ1n) is 6.35. The van der Waals surface area contributed by atoms with Crippen LogP contribution < -0.4 is 0 Å². The zero-order chi connectivity index (χ0) is 13.7. The summed E-state index contributed by atoms with van der Waals surface area (Å²) in [4.78, 5) is 1.24. The molecule has 1 atom stereocenters. The second-order valence-corrected chi connectivity index (χ2v) is 5.74. The molecule has 0 saturated heterocycles. The second kappa shape index (κ2) is 6.45. The van der Waals surface area contributed by atoms with Crippen LogP contribution in [0.25, 0.3) is 0 Å². The highest BCUT2D eigenvalue weighted by molar-refractivity contribution is 7.99. The maximum absolute atomic E-state index is 9.29. The van der Waals surface area contributed by atoms with Crippen LogP contribution in [-0.2, 0) is 0 Å². The van der Waals surface area contributed by atoms with Gasteiger partial charge in [0, 0.05) is 10.6 Å². The molecule has 0 N–H and O–H groups in total. The van der Waals surface area contributed by atoms with Crippen LogP contribution in [0.3, 0.4) is 0 Å². The van der Waals surface area contributed by atoms with Gasteiger partial charge in [-0.1, -0.05) is 36.4 Å². The Hall–Kier alpha value is -1.72. The normalized spacial score (nSPS) is 11.8. The number of aryl methyl sites for hydroxylation is 2. The third kappa shape index (κ3) is 3.62. The number of hydrogen-bond donors (Lipinski definition) is 0. The van der Waals surface area contributed by atoms with Crippen LogP contribution in [0, 0.1) is 25.2 Å². The van der Waals surface area contributed by atoms with E-state index in [0.717, 1.165) is 11.3 Å². The molecule has 0 radical (unpaired) electrons. The molecule has 1 nitrogen and oxygen atoms in total. The molecule has 0 bridgehead atoms. The van der Waals surface area contributed by atoms with Crippen molar-refractivity contribution in [1.29, 1.82) is 5.26 Å². The Labute approximate surface area is 119 Å². The van der Waals surface area contributed by atoms with Gasteiger partial charge < -0.3 is 0 Å². The van der Waals surface area contributed by atoms with Gasteiger partial charge in [0.15, 0.2) is 0 Å². The molecule has 0 spiro atoms. The van der Waals surface area contributed by atoms with Gasteiger partial charge in [-0.2, -0.15) is 5.26 Å². The first-order valence-corrected chi connectivity index (χ1v) is 7.34. The van der Waals surface area contributed by atoms with Gasteiger partial charge >= 0.3 is 0 Å². The smallest absolute Gasteiger partial charge is 0.0806 e. The lowest BCUT2D eigenvalue weighted by Crippen LogP contribution is -1.98. The fourth-order valence-corrected chi connectivity index (χ4v) is 2.93. The van der Waals surface area contributed by atoms with E-state index in [1.807, 2.05) is 30.3 Å². The Balaban J connectivity index is 2.05. The van der Waals surface area contributed by atoms with Crippen molar-refractivity contribution >= 4 is 11.8 Å². The molecule has 0 aromatic heterocycles. The SMILES string of the molecule is Cc1ccc(SCC(C#N)c2ccccc2)cc1C. The van der Waals surface area contributed by atoms with Gasteiger partial charge in [0.2, 0.25) is 0 Å². The maximum atomic E-state index is 9.29. The second-order valence-electron chi connectivity index (χ2n) is 4.65. The molecule has 2 heteroatoms. The van der Waals surface area contributed by atoms with E-state index >= 15 is 0 Å². The molecule has 0 aliphatic carbocycles. The first kappa shape index (κ1) is 13.7. The predicted molar refractivity (Wildman–Crippen MR) is 81.4 cm³/mol. The van der Waals surface area contributed by atoms with E-state index in [2.05, 4.69) is 38.1 Å². The largest absolute Gasteiger partial charge is 0.198 e. The maximum Gasteiger partial charge on any atom is 0.0806 e. The summed E-state index contributed by atoms with van der Waals surface area (Å²) < 4.78 is 0. The minimum atomic E-state index is -0.0483. The quantitative estimate of drug-likeness (QED) is 0.749. The van der Waals surface area contributed by atoms with E-state index in [0.29, 0.717) is 0 Å². The van der Waals surface area contributed by atoms with Crippen LogP contribution in [0.2, 0.25) is 0 Å². The Bertz CT molecular complexity index is 584. The molecular formula is C17H17NS. The molecule has 96 valence electrons. The zero-order valence-electron chi connectivity index (χ0n) is 11.3. The summed E-state index contributed by atoms with van der Waals surface area (Å²) in [6, 6.07) is 18.9. The van der Waals surface area contributed by atoms with Gasteiger partial charge in [0.1, 0.15) is 0 Å². The van der Waals surface area contributed by atoms with E-state index in [-0.39, 0.29) is 5.92 Å². The van der Waals surface area contributed by atoms with Crippen LogP contribution >= 0.6 is 11.8 Å². The third-order valence-corrected chi connectivity index (χ3v) is 4.34. The van der Waals surface area contributed by atoms with E-state index in [9.17, 15) is 5.26 Å². The highest BCUT2D eigenvalue weighted by atomic mass is 32.2. The summed E-state index contributed by atoms with van der Waals surface area (Å²) in [5, 5.41) is 9.29. The lowest BCUT2D eigenvalue weighted by Gasteiger charge is -2.10. The van der Waals surface area contributed by atoms with Crippen LogP contribution in [0.1, 0.15) is 22.6 Å². The van der Waals surface area contributed by atoms with E-state index in [4.69, 9.17) is 0 Å². The monoisotopic (exact) mass is 267 g/mol. The highest BCUT2D eigenvalue weighted by Gasteiger charge is 2.10. The molecule has 0 fully saturated rings. The number of nitriles is 1. The van der Waals surface area contributed by atoms with Gasteiger partial charge in [-0.25, -0.2) is 0 Å². The summed E-state index contributed by atoms with van der Waals surface area (Å²) in [7, 11) is 0. The average Bonchev–Trinajstić information content (AvgIpc) is 2.44. The van der Waals surface area contributed by atoms with Gasteiger partial charge in [0.05, 0.1) is 12.0 Å². The Kier molecular flexibility index (Phi) is 4.65.